The minimum Gasteiger partial charge on any atom is -0.481 e. The van der Waals surface area contributed by atoms with Gasteiger partial charge >= 0.3 is 11.9 Å². The van der Waals surface area contributed by atoms with Crippen molar-refractivity contribution >= 4 is 35.9 Å². The van der Waals surface area contributed by atoms with E-state index in [4.69, 9.17) is 21.1 Å². The highest BCUT2D eigenvalue weighted by molar-refractivity contribution is 5.94. The maximum absolute atomic E-state index is 12.7. The minimum absolute atomic E-state index is 0.172. The van der Waals surface area contributed by atoms with E-state index >= 15 is 0 Å². The van der Waals surface area contributed by atoms with E-state index in [2.05, 4.69) is 10.6 Å². The molecule has 1 fully saturated rings. The zero-order valence-electron chi connectivity index (χ0n) is 16.9. The molecule has 174 valence electrons. The number of hydrogen-bond acceptors (Lipinski definition) is 8. The zero-order valence-corrected chi connectivity index (χ0v) is 16.9. The van der Waals surface area contributed by atoms with Gasteiger partial charge in [0.15, 0.2) is 0 Å². The fraction of sp³-hybridized carbons (Fsp3) is 0.667. The van der Waals surface area contributed by atoms with E-state index in [1.165, 1.54) is 4.90 Å². The summed E-state index contributed by atoms with van der Waals surface area (Å²) in [5, 5.41) is 31.4. The van der Waals surface area contributed by atoms with E-state index in [9.17, 15) is 28.8 Å². The molecule has 1 aliphatic rings. The van der Waals surface area contributed by atoms with Crippen LogP contribution in [-0.2, 0) is 28.8 Å². The van der Waals surface area contributed by atoms with Crippen molar-refractivity contribution in [3.8, 4) is 0 Å². The Morgan fingerprint density at radius 1 is 1.06 bits per heavy atom. The van der Waals surface area contributed by atoms with Gasteiger partial charge < -0.3 is 41.4 Å². The van der Waals surface area contributed by atoms with Crippen molar-refractivity contribution in [3.05, 3.63) is 0 Å². The maximum Gasteiger partial charge on any atom is 0.303 e. The van der Waals surface area contributed by atoms with Crippen LogP contribution >= 0.6 is 0 Å². The Bertz CT molecular complexity index is 700. The number of likely N-dealkylation sites (tertiary alicyclic amines) is 1. The smallest absolute Gasteiger partial charge is 0.303 e. The van der Waals surface area contributed by atoms with Gasteiger partial charge in [0.1, 0.15) is 24.4 Å². The Balaban J connectivity index is 2.87. The van der Waals surface area contributed by atoms with Gasteiger partial charge in [-0.1, -0.05) is 0 Å². The van der Waals surface area contributed by atoms with Crippen LogP contribution in [0.4, 0.5) is 0 Å². The van der Waals surface area contributed by atoms with Crippen molar-refractivity contribution in [3.63, 3.8) is 0 Å². The van der Waals surface area contributed by atoms with Crippen LogP contribution in [0.2, 0.25) is 0 Å². The van der Waals surface area contributed by atoms with Crippen molar-refractivity contribution in [2.45, 2.75) is 62.7 Å². The average molecular weight is 444 g/mol. The molecule has 7 N–H and O–H groups in total. The van der Waals surface area contributed by atoms with Crippen LogP contribution in [-0.4, -0.2) is 93.5 Å². The number of carbonyl (C=O) groups is 6. The Morgan fingerprint density at radius 2 is 1.68 bits per heavy atom. The van der Waals surface area contributed by atoms with Gasteiger partial charge in [0.25, 0.3) is 0 Å². The Hall–Kier alpha value is -3.06. The first-order valence-corrected chi connectivity index (χ1v) is 9.77. The monoisotopic (exact) mass is 444 g/mol. The molecule has 0 aromatic rings. The number of carbonyl (C=O) groups excluding carboxylic acids is 4. The van der Waals surface area contributed by atoms with Crippen LogP contribution < -0.4 is 16.4 Å². The summed E-state index contributed by atoms with van der Waals surface area (Å²) in [6.45, 7) is -0.365. The summed E-state index contributed by atoms with van der Waals surface area (Å²) in [6, 6.07) is -4.58. The summed E-state index contributed by atoms with van der Waals surface area (Å²) in [4.78, 5) is 71.4. The van der Waals surface area contributed by atoms with Crippen LogP contribution in [0.3, 0.4) is 0 Å². The molecule has 13 nitrogen and oxygen atoms in total. The molecular formula is C18H28N4O9. The SMILES string of the molecule is N[C@@H](CO)C(=O)N1CCC[C@H]1C(=O)NC(CCC(=O)O)C(=O)N[C@H](C=O)CCC(=O)O. The molecule has 0 bridgehead atoms. The number of nitrogens with zero attached hydrogens (tertiary/aromatic N) is 1. The van der Waals surface area contributed by atoms with Gasteiger partial charge in [-0.25, -0.2) is 0 Å². The Kier molecular flexibility index (Phi) is 10.6. The Labute approximate surface area is 177 Å². The molecule has 31 heavy (non-hydrogen) atoms. The summed E-state index contributed by atoms with van der Waals surface area (Å²) in [6.07, 6.45) is -0.149. The maximum atomic E-state index is 12.7. The first-order valence-electron chi connectivity index (χ1n) is 9.77. The number of rotatable bonds is 13. The summed E-state index contributed by atoms with van der Waals surface area (Å²) < 4.78 is 0. The number of nitrogens with one attached hydrogen (secondary N) is 2. The van der Waals surface area contributed by atoms with Gasteiger partial charge in [0.2, 0.25) is 17.7 Å². The van der Waals surface area contributed by atoms with E-state index in [1.807, 2.05) is 0 Å². The third kappa shape index (κ3) is 8.30. The molecule has 1 aliphatic heterocycles. The second-order valence-corrected chi connectivity index (χ2v) is 7.16. The quantitative estimate of drug-likeness (QED) is 0.160. The number of hydrogen-bond donors (Lipinski definition) is 6. The lowest BCUT2D eigenvalue weighted by Crippen LogP contribution is -2.56. The first kappa shape index (κ1) is 26.0. The number of aliphatic hydroxyl groups is 1. The van der Waals surface area contributed by atoms with E-state index in [1.54, 1.807) is 0 Å². The lowest BCUT2D eigenvalue weighted by atomic mass is 10.1. The predicted molar refractivity (Wildman–Crippen MR) is 103 cm³/mol. The van der Waals surface area contributed by atoms with Crippen molar-refractivity contribution in [1.29, 1.82) is 0 Å². The van der Waals surface area contributed by atoms with E-state index in [-0.39, 0.29) is 25.8 Å². The number of aliphatic carboxylic acids is 2. The largest absolute Gasteiger partial charge is 0.481 e. The van der Waals surface area contributed by atoms with Crippen LogP contribution in [0.1, 0.15) is 38.5 Å². The molecule has 1 heterocycles. The van der Waals surface area contributed by atoms with Crippen molar-refractivity contribution in [2.24, 2.45) is 5.73 Å². The summed E-state index contributed by atoms with van der Waals surface area (Å²) in [5.74, 6) is -4.54. The van der Waals surface area contributed by atoms with E-state index in [0.29, 0.717) is 19.1 Å². The highest BCUT2D eigenvalue weighted by atomic mass is 16.4. The van der Waals surface area contributed by atoms with Crippen LogP contribution in [0, 0.1) is 0 Å². The molecule has 0 aliphatic carbocycles. The molecule has 3 amide bonds. The van der Waals surface area contributed by atoms with Gasteiger partial charge in [-0.3, -0.25) is 24.0 Å². The molecule has 13 heteroatoms. The van der Waals surface area contributed by atoms with E-state index in [0.717, 1.165) is 0 Å². The number of aliphatic hydroxyl groups excluding tert-OH is 1. The molecule has 0 aromatic carbocycles. The lowest BCUT2D eigenvalue weighted by molar-refractivity contribution is -0.141. The second-order valence-electron chi connectivity index (χ2n) is 7.16. The molecular weight excluding hydrogens is 416 g/mol. The summed E-state index contributed by atoms with van der Waals surface area (Å²) in [7, 11) is 0. The fourth-order valence-corrected chi connectivity index (χ4v) is 3.14. The van der Waals surface area contributed by atoms with Crippen LogP contribution in [0.25, 0.3) is 0 Å². The highest BCUT2D eigenvalue weighted by Gasteiger charge is 2.37. The molecule has 0 spiro atoms. The van der Waals surface area contributed by atoms with Crippen molar-refractivity contribution in [2.75, 3.05) is 13.2 Å². The number of aldehydes is 1. The second kappa shape index (κ2) is 12.6. The standard InChI is InChI=1S/C18H28N4O9/c19-11(9-24)18(31)22-7-1-2-13(22)17(30)21-12(4-6-15(27)28)16(29)20-10(8-23)3-5-14(25)26/h8,10-13,24H,1-7,9,19H2,(H,20,29)(H,21,30)(H,25,26)(H,27,28)/t10-,11-,12?,13-/m0/s1. The average Bonchev–Trinajstić information content (AvgIpc) is 3.22. The first-order chi connectivity index (χ1) is 14.6. The van der Waals surface area contributed by atoms with Crippen LogP contribution in [0.15, 0.2) is 0 Å². The van der Waals surface area contributed by atoms with Gasteiger partial charge in [0.05, 0.1) is 12.6 Å². The third-order valence-electron chi connectivity index (χ3n) is 4.79. The Morgan fingerprint density at radius 3 is 2.23 bits per heavy atom. The van der Waals surface area contributed by atoms with Crippen molar-refractivity contribution < 1.29 is 44.1 Å². The van der Waals surface area contributed by atoms with Gasteiger partial charge in [0, 0.05) is 19.4 Å². The molecule has 0 aromatic heterocycles. The third-order valence-corrected chi connectivity index (χ3v) is 4.79. The number of nitrogens with two attached hydrogens (primary N) is 1. The number of amides is 3. The number of carboxylic acid groups (broad SMARTS) is 2. The molecule has 1 saturated heterocycles. The van der Waals surface area contributed by atoms with E-state index < -0.39 is 66.9 Å². The molecule has 4 atom stereocenters. The predicted octanol–water partition coefficient (Wildman–Crippen LogP) is -2.80. The lowest BCUT2D eigenvalue weighted by Gasteiger charge is -2.28. The van der Waals surface area contributed by atoms with Crippen molar-refractivity contribution in [1.82, 2.24) is 15.5 Å². The van der Waals surface area contributed by atoms with Gasteiger partial charge in [-0.2, -0.15) is 0 Å². The fourth-order valence-electron chi connectivity index (χ4n) is 3.14. The minimum atomic E-state index is -1.32. The van der Waals surface area contributed by atoms with Crippen LogP contribution in [0.5, 0.6) is 0 Å². The summed E-state index contributed by atoms with van der Waals surface area (Å²) in [5.41, 5.74) is 5.53. The molecule has 1 unspecified atom stereocenters. The topological polar surface area (TPSA) is 216 Å². The molecule has 0 radical (unpaired) electrons. The van der Waals surface area contributed by atoms with Gasteiger partial charge in [-0.05, 0) is 25.7 Å². The summed E-state index contributed by atoms with van der Waals surface area (Å²) >= 11 is 0. The zero-order chi connectivity index (χ0) is 23.6. The highest BCUT2D eigenvalue weighted by Crippen LogP contribution is 2.19. The molecule has 1 rings (SSSR count). The van der Waals surface area contributed by atoms with Gasteiger partial charge in [-0.15, -0.1) is 0 Å². The normalized spacial score (nSPS) is 18.5. The molecule has 0 saturated carbocycles. The number of carboxylic acids is 2.